The Labute approximate surface area is 188 Å². The van der Waals surface area contributed by atoms with Crippen molar-refractivity contribution in [2.45, 2.75) is 44.7 Å². The number of aromatic nitrogens is 1. The third-order valence-electron chi connectivity index (χ3n) is 6.87. The van der Waals surface area contributed by atoms with E-state index in [1.54, 1.807) is 0 Å². The number of ether oxygens (including phenoxy) is 1. The molecule has 1 saturated heterocycles. The number of carbonyl (C=O) groups is 2. The Morgan fingerprint density at radius 1 is 1.28 bits per heavy atom. The van der Waals surface area contributed by atoms with Crippen LogP contribution < -0.4 is 10.1 Å². The maximum absolute atomic E-state index is 13.6. The van der Waals surface area contributed by atoms with Gasteiger partial charge in [0, 0.05) is 36.1 Å². The van der Waals surface area contributed by atoms with Gasteiger partial charge in [0.15, 0.2) is 0 Å². The molecule has 1 aromatic carbocycles. The molecule has 7 nitrogen and oxygen atoms in total. The molecule has 0 bridgehead atoms. The summed E-state index contributed by atoms with van der Waals surface area (Å²) in [5.41, 5.74) is 3.24. The first kappa shape index (κ1) is 20.8. The molecule has 2 N–H and O–H groups in total. The largest absolute Gasteiger partial charge is 0.494 e. The average Bonchev–Trinajstić information content (AvgIpc) is 3.24. The molecule has 32 heavy (non-hydrogen) atoms. The van der Waals surface area contributed by atoms with E-state index < -0.39 is 5.54 Å². The zero-order chi connectivity index (χ0) is 22.5. The van der Waals surface area contributed by atoms with E-state index in [1.165, 1.54) is 4.90 Å². The number of nitrogens with zero attached hydrogens (tertiary/aromatic N) is 2. The van der Waals surface area contributed by atoms with Crippen molar-refractivity contribution in [3.8, 4) is 5.75 Å². The Bertz CT molecular complexity index is 1150. The minimum atomic E-state index is -0.925. The predicted octanol–water partition coefficient (Wildman–Crippen LogP) is 3.68. The molecule has 1 aromatic heterocycles. The third-order valence-corrected chi connectivity index (χ3v) is 6.87. The predicted molar refractivity (Wildman–Crippen MR) is 124 cm³/mol. The molecule has 0 unspecified atom stereocenters. The van der Waals surface area contributed by atoms with E-state index in [9.17, 15) is 9.59 Å². The van der Waals surface area contributed by atoms with E-state index in [4.69, 9.17) is 4.74 Å². The summed E-state index contributed by atoms with van der Waals surface area (Å²) in [6.07, 6.45) is 8.86. The first-order valence-electron chi connectivity index (χ1n) is 11.4. The molecule has 3 aliphatic rings. The van der Waals surface area contributed by atoms with Crippen LogP contribution in [0.4, 0.5) is 4.79 Å². The zero-order valence-electron chi connectivity index (χ0n) is 18.9. The summed E-state index contributed by atoms with van der Waals surface area (Å²) >= 11 is 0. The Morgan fingerprint density at radius 2 is 2.12 bits per heavy atom. The van der Waals surface area contributed by atoms with Gasteiger partial charge in [0.25, 0.3) is 5.91 Å². The fourth-order valence-corrected chi connectivity index (χ4v) is 5.35. The van der Waals surface area contributed by atoms with Crippen molar-refractivity contribution in [1.82, 2.24) is 20.1 Å². The van der Waals surface area contributed by atoms with Gasteiger partial charge in [-0.15, -0.1) is 0 Å². The summed E-state index contributed by atoms with van der Waals surface area (Å²) in [6.45, 7) is 5.42. The van der Waals surface area contributed by atoms with Gasteiger partial charge in [-0.3, -0.25) is 14.6 Å². The number of allylic oxidation sites excluding steroid dienone is 2. The monoisotopic (exact) mass is 434 g/mol. The number of nitrogens with one attached hydrogen (secondary N) is 2. The molecule has 3 amide bonds. The van der Waals surface area contributed by atoms with E-state index in [2.05, 4.69) is 34.6 Å². The molecule has 2 aliphatic heterocycles. The quantitative estimate of drug-likeness (QED) is 0.680. The number of fused-ring (bicyclic) bond motifs is 4. The molecular weight excluding hydrogens is 404 g/mol. The highest BCUT2D eigenvalue weighted by Crippen LogP contribution is 2.49. The normalized spacial score (nSPS) is 24.7. The van der Waals surface area contributed by atoms with Crippen molar-refractivity contribution in [2.75, 3.05) is 26.7 Å². The van der Waals surface area contributed by atoms with Crippen LogP contribution in [0.1, 0.15) is 44.0 Å². The van der Waals surface area contributed by atoms with Crippen LogP contribution in [0.25, 0.3) is 10.9 Å². The molecule has 0 saturated carbocycles. The number of imide groups is 1. The smallest absolute Gasteiger partial charge is 0.328 e. The van der Waals surface area contributed by atoms with Crippen LogP contribution in [0.2, 0.25) is 0 Å². The van der Waals surface area contributed by atoms with Gasteiger partial charge in [-0.1, -0.05) is 18.2 Å². The Balaban J connectivity index is 1.69. The molecule has 7 heteroatoms. The number of H-pyrrole nitrogens is 1. The van der Waals surface area contributed by atoms with Crippen LogP contribution in [-0.4, -0.2) is 59.0 Å². The van der Waals surface area contributed by atoms with Crippen LogP contribution in [0, 0.1) is 0 Å². The van der Waals surface area contributed by atoms with Gasteiger partial charge in [-0.2, -0.15) is 0 Å². The van der Waals surface area contributed by atoms with Gasteiger partial charge in [-0.05, 0) is 63.1 Å². The van der Waals surface area contributed by atoms with E-state index in [-0.39, 0.29) is 18.0 Å². The summed E-state index contributed by atoms with van der Waals surface area (Å²) in [6, 6.07) is 5.50. The lowest BCUT2D eigenvalue weighted by molar-refractivity contribution is -0.133. The molecule has 2 aromatic rings. The second-order valence-corrected chi connectivity index (χ2v) is 8.91. The average molecular weight is 435 g/mol. The van der Waals surface area contributed by atoms with Crippen LogP contribution >= 0.6 is 0 Å². The van der Waals surface area contributed by atoms with Crippen molar-refractivity contribution in [3.05, 3.63) is 53.3 Å². The van der Waals surface area contributed by atoms with Crippen LogP contribution in [-0.2, 0) is 11.2 Å². The summed E-state index contributed by atoms with van der Waals surface area (Å²) in [5, 5.41) is 4.11. The van der Waals surface area contributed by atoms with Crippen LogP contribution in [0.5, 0.6) is 5.75 Å². The molecule has 1 fully saturated rings. The van der Waals surface area contributed by atoms with Gasteiger partial charge in [-0.25, -0.2) is 4.79 Å². The van der Waals surface area contributed by atoms with E-state index in [1.807, 2.05) is 37.9 Å². The van der Waals surface area contributed by atoms with Gasteiger partial charge in [0.1, 0.15) is 11.3 Å². The number of benzene rings is 1. The second-order valence-electron chi connectivity index (χ2n) is 8.91. The topological polar surface area (TPSA) is 77.7 Å². The first-order valence-corrected chi connectivity index (χ1v) is 11.4. The fraction of sp³-hybridized carbons (Fsp3) is 0.440. The molecule has 168 valence electrons. The first-order chi connectivity index (χ1) is 15.5. The van der Waals surface area contributed by atoms with Crippen molar-refractivity contribution >= 4 is 22.8 Å². The van der Waals surface area contributed by atoms with Crippen molar-refractivity contribution < 1.29 is 14.3 Å². The van der Waals surface area contributed by atoms with E-state index in [0.717, 1.165) is 46.3 Å². The maximum Gasteiger partial charge on any atom is 0.328 e. The minimum Gasteiger partial charge on any atom is -0.494 e. The van der Waals surface area contributed by atoms with Gasteiger partial charge >= 0.3 is 6.03 Å². The minimum absolute atomic E-state index is 0.121. The lowest BCUT2D eigenvalue weighted by Crippen LogP contribution is -2.53. The molecule has 0 spiro atoms. The highest BCUT2D eigenvalue weighted by Gasteiger charge is 2.60. The number of amides is 3. The summed E-state index contributed by atoms with van der Waals surface area (Å²) in [5.74, 6) is 0.691. The zero-order valence-corrected chi connectivity index (χ0v) is 18.9. The van der Waals surface area contributed by atoms with Crippen molar-refractivity contribution in [1.29, 1.82) is 0 Å². The third kappa shape index (κ3) is 2.98. The number of hydrogen-bond donors (Lipinski definition) is 2. The van der Waals surface area contributed by atoms with Crippen molar-refractivity contribution in [3.63, 3.8) is 0 Å². The molecule has 3 heterocycles. The van der Waals surface area contributed by atoms with Gasteiger partial charge in [0.05, 0.1) is 12.6 Å². The molecule has 2 atom stereocenters. The maximum atomic E-state index is 13.6. The standard InChI is InChI=1S/C25H30N4O3/c1-4-32-17-10-11-20-18(14-17)19-15-25(2)23(30)28(13-12-26-3)24(31)29(25)22(21(19)27-20)16-8-6-5-7-9-16/h6,8-11,14,22,26-27H,4-5,7,12-13,15H2,1-3H3/t22-,25+/m1/s1. The highest BCUT2D eigenvalue weighted by atomic mass is 16.5. The van der Waals surface area contributed by atoms with Crippen molar-refractivity contribution in [2.24, 2.45) is 0 Å². The number of hydrogen-bond acceptors (Lipinski definition) is 4. The number of rotatable bonds is 6. The Kier molecular flexibility index (Phi) is 5.08. The molecular formula is C25H30N4O3. The van der Waals surface area contributed by atoms with Gasteiger partial charge in [0.2, 0.25) is 0 Å². The second kappa shape index (κ2) is 7.81. The molecule has 1 aliphatic carbocycles. The molecule has 5 rings (SSSR count). The number of carbonyl (C=O) groups excluding carboxylic acids is 2. The fourth-order valence-electron chi connectivity index (χ4n) is 5.35. The van der Waals surface area contributed by atoms with Gasteiger partial charge < -0.3 is 15.0 Å². The lowest BCUT2D eigenvalue weighted by atomic mass is 9.80. The number of urea groups is 1. The SMILES string of the molecule is CCOc1ccc2[nH]c3c(c2c1)C[C@@]1(C)C(=O)N(CCNC)C(=O)N1[C@@H]3C1=CCCC=C1. The number of aromatic amines is 1. The van der Waals surface area contributed by atoms with E-state index in [0.29, 0.717) is 26.1 Å². The summed E-state index contributed by atoms with van der Waals surface area (Å²) in [7, 11) is 1.83. The Hall–Kier alpha value is -3.06. The van der Waals surface area contributed by atoms with Crippen LogP contribution in [0.15, 0.2) is 42.0 Å². The van der Waals surface area contributed by atoms with Crippen LogP contribution in [0.3, 0.4) is 0 Å². The Morgan fingerprint density at radius 3 is 2.84 bits per heavy atom. The number of likely N-dealkylation sites (N-methyl/N-ethyl adjacent to an activating group) is 1. The molecule has 0 radical (unpaired) electrons. The highest BCUT2D eigenvalue weighted by molar-refractivity contribution is 6.08. The lowest BCUT2D eigenvalue weighted by Gasteiger charge is -2.43. The summed E-state index contributed by atoms with van der Waals surface area (Å²) in [4.78, 5) is 34.0. The summed E-state index contributed by atoms with van der Waals surface area (Å²) < 4.78 is 5.75. The van der Waals surface area contributed by atoms with E-state index >= 15 is 0 Å².